The van der Waals surface area contributed by atoms with E-state index in [4.69, 9.17) is 0 Å². The Labute approximate surface area is 199 Å². The number of anilines is 1. The maximum absolute atomic E-state index is 13.2. The number of rotatable bonds is 9. The molecule has 0 unspecified atom stereocenters. The third-order valence-electron chi connectivity index (χ3n) is 6.49. The molecule has 0 bridgehead atoms. The number of hydrogen-bond acceptors (Lipinski definition) is 4. The summed E-state index contributed by atoms with van der Waals surface area (Å²) in [6, 6.07) is 12.9. The Hall–Kier alpha value is -2.38. The predicted molar refractivity (Wildman–Crippen MR) is 135 cm³/mol. The van der Waals surface area contributed by atoms with E-state index in [9.17, 15) is 13.2 Å². The fourth-order valence-corrected chi connectivity index (χ4v) is 5.67. The molecule has 2 aromatic carbocycles. The largest absolute Gasteiger partial charge is 0.350 e. The van der Waals surface area contributed by atoms with Gasteiger partial charge in [0, 0.05) is 13.1 Å². The Kier molecular flexibility index (Phi) is 8.54. The zero-order chi connectivity index (χ0) is 24.0. The van der Waals surface area contributed by atoms with Crippen LogP contribution >= 0.6 is 0 Å². The Bertz CT molecular complexity index is 1060. The lowest BCUT2D eigenvalue weighted by Gasteiger charge is -2.31. The van der Waals surface area contributed by atoms with Crippen LogP contribution in [-0.4, -0.2) is 44.6 Å². The number of sulfonamides is 1. The van der Waals surface area contributed by atoms with Crippen molar-refractivity contribution >= 4 is 21.6 Å². The summed E-state index contributed by atoms with van der Waals surface area (Å²) in [5.74, 6) is -0.283. The normalized spacial score (nSPS) is 15.8. The van der Waals surface area contributed by atoms with Crippen molar-refractivity contribution in [1.29, 1.82) is 0 Å². The lowest BCUT2D eigenvalue weighted by Crippen LogP contribution is -2.49. The highest BCUT2D eigenvalue weighted by atomic mass is 32.2. The van der Waals surface area contributed by atoms with Crippen LogP contribution in [0.2, 0.25) is 0 Å². The van der Waals surface area contributed by atoms with E-state index in [1.54, 1.807) is 6.07 Å². The maximum Gasteiger partial charge on any atom is 0.244 e. The van der Waals surface area contributed by atoms with Crippen LogP contribution in [0.4, 0.5) is 5.69 Å². The van der Waals surface area contributed by atoms with E-state index < -0.39 is 16.1 Å². The van der Waals surface area contributed by atoms with Gasteiger partial charge in [0.05, 0.1) is 11.9 Å². The molecule has 1 aliphatic rings. The Morgan fingerprint density at radius 2 is 1.70 bits per heavy atom. The van der Waals surface area contributed by atoms with E-state index in [0.29, 0.717) is 18.7 Å². The van der Waals surface area contributed by atoms with Gasteiger partial charge in [-0.15, -0.1) is 0 Å². The van der Waals surface area contributed by atoms with E-state index in [1.165, 1.54) is 29.1 Å². The molecule has 0 aromatic heterocycles. The number of piperidine rings is 1. The van der Waals surface area contributed by atoms with Crippen LogP contribution in [0.1, 0.15) is 54.9 Å². The number of carbonyl (C=O) groups is 1. The van der Waals surface area contributed by atoms with E-state index in [1.807, 2.05) is 51.1 Å². The summed E-state index contributed by atoms with van der Waals surface area (Å²) < 4.78 is 26.7. The quantitative estimate of drug-likeness (QED) is 0.597. The fourth-order valence-electron chi connectivity index (χ4n) is 4.47. The molecule has 6 nitrogen and oxygen atoms in total. The van der Waals surface area contributed by atoms with Crippen LogP contribution < -0.4 is 9.62 Å². The summed E-state index contributed by atoms with van der Waals surface area (Å²) in [5, 5.41) is 3.01. The molecule has 0 spiro atoms. The van der Waals surface area contributed by atoms with Crippen LogP contribution in [0.5, 0.6) is 0 Å². The number of hydrogen-bond donors (Lipinski definition) is 1. The molecular weight excluding hydrogens is 434 g/mol. The molecule has 1 saturated heterocycles. The molecule has 0 aliphatic carbocycles. The molecular formula is C26H37N3O3S. The summed E-state index contributed by atoms with van der Waals surface area (Å²) >= 11 is 0. The second-order valence-corrected chi connectivity index (χ2v) is 10.9. The molecule has 3 rings (SSSR count). The van der Waals surface area contributed by atoms with Gasteiger partial charge < -0.3 is 5.32 Å². The van der Waals surface area contributed by atoms with Crippen LogP contribution in [0.25, 0.3) is 0 Å². The summed E-state index contributed by atoms with van der Waals surface area (Å²) in [6.07, 6.45) is 5.30. The van der Waals surface area contributed by atoms with Gasteiger partial charge in [0.25, 0.3) is 0 Å². The Balaban J connectivity index is 1.77. The van der Waals surface area contributed by atoms with Gasteiger partial charge in [-0.2, -0.15) is 0 Å². The highest BCUT2D eigenvalue weighted by molar-refractivity contribution is 7.92. The molecule has 0 radical (unpaired) electrons. The van der Waals surface area contributed by atoms with Crippen LogP contribution in [0.3, 0.4) is 0 Å². The van der Waals surface area contributed by atoms with E-state index in [2.05, 4.69) is 16.3 Å². The summed E-state index contributed by atoms with van der Waals surface area (Å²) in [6.45, 7) is 9.24. The van der Waals surface area contributed by atoms with Crippen LogP contribution in [0.15, 0.2) is 42.5 Å². The van der Waals surface area contributed by atoms with Crippen molar-refractivity contribution in [2.45, 2.75) is 65.6 Å². The molecule has 7 heteroatoms. The first-order chi connectivity index (χ1) is 15.7. The standard InChI is InChI=1S/C26H37N3O3S/c1-5-25(29(33(4,31)32)24-14-13-20(2)21(3)17-24)26(30)27-18-22-11-7-8-12-23(22)19-28-15-9-6-10-16-28/h7-8,11-14,17,25H,5-6,9-10,15-16,18-19H2,1-4H3,(H,27,30)/t25-/m0/s1. The van der Waals surface area contributed by atoms with Crippen molar-refractivity contribution in [2.75, 3.05) is 23.7 Å². The average molecular weight is 472 g/mol. The minimum atomic E-state index is -3.65. The van der Waals surface area contributed by atoms with Gasteiger partial charge in [0.1, 0.15) is 6.04 Å². The Morgan fingerprint density at radius 3 is 2.30 bits per heavy atom. The molecule has 1 atom stereocenters. The van der Waals surface area contributed by atoms with Crippen molar-refractivity contribution < 1.29 is 13.2 Å². The van der Waals surface area contributed by atoms with E-state index in [0.717, 1.165) is 42.6 Å². The van der Waals surface area contributed by atoms with Gasteiger partial charge in [-0.3, -0.25) is 14.0 Å². The van der Waals surface area contributed by atoms with Crippen molar-refractivity contribution in [3.8, 4) is 0 Å². The minimum Gasteiger partial charge on any atom is -0.350 e. The molecule has 1 amide bonds. The second kappa shape index (κ2) is 11.2. The molecule has 1 aliphatic heterocycles. The smallest absolute Gasteiger partial charge is 0.244 e. The molecule has 180 valence electrons. The molecule has 1 fully saturated rings. The van der Waals surface area contributed by atoms with Crippen molar-refractivity contribution in [2.24, 2.45) is 0 Å². The van der Waals surface area contributed by atoms with Gasteiger partial charge >= 0.3 is 0 Å². The van der Waals surface area contributed by atoms with Gasteiger partial charge in [-0.1, -0.05) is 43.7 Å². The fraction of sp³-hybridized carbons (Fsp3) is 0.500. The summed E-state index contributed by atoms with van der Waals surface area (Å²) in [7, 11) is -3.65. The highest BCUT2D eigenvalue weighted by Crippen LogP contribution is 2.25. The van der Waals surface area contributed by atoms with E-state index in [-0.39, 0.29) is 5.91 Å². The van der Waals surface area contributed by atoms with Gasteiger partial charge in [-0.05, 0) is 80.6 Å². The average Bonchev–Trinajstić information content (AvgIpc) is 2.78. The van der Waals surface area contributed by atoms with Gasteiger partial charge in [0.2, 0.25) is 15.9 Å². The number of nitrogens with one attached hydrogen (secondary N) is 1. The summed E-state index contributed by atoms with van der Waals surface area (Å²) in [5.41, 5.74) is 4.87. The minimum absolute atomic E-state index is 0.283. The summed E-state index contributed by atoms with van der Waals surface area (Å²) in [4.78, 5) is 15.7. The molecule has 33 heavy (non-hydrogen) atoms. The number of amides is 1. The maximum atomic E-state index is 13.2. The van der Waals surface area contributed by atoms with Crippen molar-refractivity contribution in [3.05, 3.63) is 64.7 Å². The van der Waals surface area contributed by atoms with Crippen LogP contribution in [0, 0.1) is 13.8 Å². The first-order valence-corrected chi connectivity index (χ1v) is 13.7. The molecule has 1 heterocycles. The first kappa shape index (κ1) is 25.2. The zero-order valence-electron chi connectivity index (χ0n) is 20.3. The predicted octanol–water partition coefficient (Wildman–Crippen LogP) is 4.15. The third kappa shape index (κ3) is 6.58. The first-order valence-electron chi connectivity index (χ1n) is 11.8. The molecule has 2 aromatic rings. The second-order valence-electron chi connectivity index (χ2n) is 9.07. The number of carbonyl (C=O) groups excluding carboxylic acids is 1. The lowest BCUT2D eigenvalue weighted by atomic mass is 10.0. The zero-order valence-corrected chi connectivity index (χ0v) is 21.1. The SMILES string of the molecule is CC[C@@H](C(=O)NCc1ccccc1CN1CCCCC1)N(c1ccc(C)c(C)c1)S(C)(=O)=O. The number of benzene rings is 2. The monoisotopic (exact) mass is 471 g/mol. The van der Waals surface area contributed by atoms with Gasteiger partial charge in [0.15, 0.2) is 0 Å². The highest BCUT2D eigenvalue weighted by Gasteiger charge is 2.31. The van der Waals surface area contributed by atoms with Crippen molar-refractivity contribution in [1.82, 2.24) is 10.2 Å². The molecule has 1 N–H and O–H groups in total. The topological polar surface area (TPSA) is 69.7 Å². The number of aryl methyl sites for hydroxylation is 2. The van der Waals surface area contributed by atoms with E-state index >= 15 is 0 Å². The number of nitrogens with zero attached hydrogens (tertiary/aromatic N) is 2. The van der Waals surface area contributed by atoms with Crippen LogP contribution in [-0.2, 0) is 27.9 Å². The Morgan fingerprint density at radius 1 is 1.03 bits per heavy atom. The van der Waals surface area contributed by atoms with Crippen molar-refractivity contribution in [3.63, 3.8) is 0 Å². The number of likely N-dealkylation sites (tertiary alicyclic amines) is 1. The third-order valence-corrected chi connectivity index (χ3v) is 7.67. The lowest BCUT2D eigenvalue weighted by molar-refractivity contribution is -0.122. The van der Waals surface area contributed by atoms with Gasteiger partial charge in [-0.25, -0.2) is 8.42 Å². The molecule has 0 saturated carbocycles.